The lowest BCUT2D eigenvalue weighted by atomic mass is 10.1. The molecule has 8 nitrogen and oxygen atoms in total. The molecule has 0 saturated heterocycles. The number of imidazole rings is 1. The van der Waals surface area contributed by atoms with Gasteiger partial charge in [0.1, 0.15) is 5.75 Å². The molecule has 0 radical (unpaired) electrons. The number of aromatic nitrogens is 4. The molecule has 1 amide bonds. The highest BCUT2D eigenvalue weighted by atomic mass is 32.1. The number of thiazole rings is 1. The lowest BCUT2D eigenvalue weighted by Crippen LogP contribution is -2.32. The molecule has 0 aliphatic rings. The predicted molar refractivity (Wildman–Crippen MR) is 136 cm³/mol. The average molecular weight is 486 g/mol. The van der Waals surface area contributed by atoms with Crippen LogP contribution in [0, 0.1) is 0 Å². The molecule has 3 heterocycles. The van der Waals surface area contributed by atoms with Crippen molar-refractivity contribution >= 4 is 22.2 Å². The zero-order valence-electron chi connectivity index (χ0n) is 19.0. The van der Waals surface area contributed by atoms with Crippen LogP contribution in [0.25, 0.3) is 27.5 Å². The Morgan fingerprint density at radius 3 is 2.54 bits per heavy atom. The Morgan fingerprint density at radius 2 is 1.77 bits per heavy atom. The summed E-state index contributed by atoms with van der Waals surface area (Å²) in [7, 11) is 1.63. The van der Waals surface area contributed by atoms with E-state index in [1.807, 2.05) is 70.6 Å². The summed E-state index contributed by atoms with van der Waals surface area (Å²) in [6, 6.07) is 20.6. The number of nitrogens with one attached hydrogen (secondary N) is 1. The van der Waals surface area contributed by atoms with Gasteiger partial charge in [0.2, 0.25) is 5.91 Å². The van der Waals surface area contributed by atoms with Crippen LogP contribution in [0.3, 0.4) is 0 Å². The van der Waals surface area contributed by atoms with Crippen molar-refractivity contribution in [2.75, 3.05) is 13.7 Å². The highest BCUT2D eigenvalue weighted by Crippen LogP contribution is 2.25. The van der Waals surface area contributed by atoms with Crippen LogP contribution >= 0.6 is 11.3 Å². The first-order valence-electron chi connectivity index (χ1n) is 11.1. The third-order valence-corrected chi connectivity index (χ3v) is 6.48. The molecule has 0 fully saturated rings. The van der Waals surface area contributed by atoms with E-state index in [-0.39, 0.29) is 24.4 Å². The second-order valence-electron chi connectivity index (χ2n) is 7.91. The SMILES string of the molecule is COc1ccc(-c2cn3c(CC(=O)NCCn4nc(-c5ccccc5)ccc4=O)csc3n2)cc1. The molecule has 2 aromatic carbocycles. The fraction of sp³-hybridized carbons (Fsp3) is 0.154. The maximum absolute atomic E-state index is 12.6. The molecule has 0 bridgehead atoms. The van der Waals surface area contributed by atoms with Gasteiger partial charge in [-0.15, -0.1) is 11.3 Å². The number of carbonyl (C=O) groups excluding carboxylic acids is 1. The number of rotatable bonds is 8. The van der Waals surface area contributed by atoms with Crippen LogP contribution in [0.5, 0.6) is 5.75 Å². The lowest BCUT2D eigenvalue weighted by molar-refractivity contribution is -0.120. The first-order chi connectivity index (χ1) is 17.1. The van der Waals surface area contributed by atoms with Gasteiger partial charge in [0.05, 0.1) is 31.5 Å². The maximum Gasteiger partial charge on any atom is 0.266 e. The number of ether oxygens (including phenoxy) is 1. The zero-order chi connectivity index (χ0) is 24.2. The fourth-order valence-electron chi connectivity index (χ4n) is 3.76. The monoisotopic (exact) mass is 485 g/mol. The van der Waals surface area contributed by atoms with Gasteiger partial charge in [0, 0.05) is 41.0 Å². The number of benzene rings is 2. The van der Waals surface area contributed by atoms with Crippen LogP contribution in [0.15, 0.2) is 83.1 Å². The molecule has 0 spiro atoms. The molecular formula is C26H23N5O3S. The highest BCUT2D eigenvalue weighted by molar-refractivity contribution is 7.15. The van der Waals surface area contributed by atoms with Crippen molar-refractivity contribution in [3.63, 3.8) is 0 Å². The number of hydrogen-bond acceptors (Lipinski definition) is 6. The second-order valence-corrected chi connectivity index (χ2v) is 8.74. The molecule has 1 N–H and O–H groups in total. The van der Waals surface area contributed by atoms with E-state index in [0.29, 0.717) is 12.2 Å². The van der Waals surface area contributed by atoms with Crippen molar-refractivity contribution < 1.29 is 9.53 Å². The number of methoxy groups -OCH3 is 1. The summed E-state index contributed by atoms with van der Waals surface area (Å²) in [5.41, 5.74) is 4.11. The van der Waals surface area contributed by atoms with Crippen LogP contribution in [0.1, 0.15) is 5.69 Å². The van der Waals surface area contributed by atoms with E-state index in [4.69, 9.17) is 4.74 Å². The lowest BCUT2D eigenvalue weighted by Gasteiger charge is -2.08. The van der Waals surface area contributed by atoms with E-state index in [0.717, 1.165) is 33.2 Å². The van der Waals surface area contributed by atoms with Gasteiger partial charge < -0.3 is 10.1 Å². The fourth-order valence-corrected chi connectivity index (χ4v) is 4.63. The van der Waals surface area contributed by atoms with E-state index in [9.17, 15) is 9.59 Å². The number of hydrogen-bond donors (Lipinski definition) is 1. The number of fused-ring (bicyclic) bond motifs is 1. The Morgan fingerprint density at radius 1 is 1.00 bits per heavy atom. The number of nitrogens with zero attached hydrogens (tertiary/aromatic N) is 4. The molecule has 35 heavy (non-hydrogen) atoms. The molecule has 0 aliphatic carbocycles. The van der Waals surface area contributed by atoms with Crippen molar-refractivity contribution in [3.05, 3.63) is 94.4 Å². The molecule has 5 aromatic rings. The van der Waals surface area contributed by atoms with E-state index >= 15 is 0 Å². The maximum atomic E-state index is 12.6. The summed E-state index contributed by atoms with van der Waals surface area (Å²) < 4.78 is 8.54. The summed E-state index contributed by atoms with van der Waals surface area (Å²) >= 11 is 1.49. The Labute approximate surface area is 205 Å². The van der Waals surface area contributed by atoms with Crippen molar-refractivity contribution in [1.29, 1.82) is 0 Å². The van der Waals surface area contributed by atoms with E-state index in [2.05, 4.69) is 15.4 Å². The Hall–Kier alpha value is -4.24. The Kier molecular flexibility index (Phi) is 6.40. The van der Waals surface area contributed by atoms with Gasteiger partial charge in [-0.2, -0.15) is 5.10 Å². The minimum absolute atomic E-state index is 0.128. The molecule has 3 aromatic heterocycles. The van der Waals surface area contributed by atoms with Gasteiger partial charge >= 0.3 is 0 Å². The molecule has 9 heteroatoms. The van der Waals surface area contributed by atoms with E-state index in [1.165, 1.54) is 22.1 Å². The summed E-state index contributed by atoms with van der Waals surface area (Å²) in [5.74, 6) is 0.660. The highest BCUT2D eigenvalue weighted by Gasteiger charge is 2.13. The summed E-state index contributed by atoms with van der Waals surface area (Å²) in [5, 5.41) is 9.26. The molecule has 0 unspecified atom stereocenters. The third kappa shape index (κ3) is 4.99. The van der Waals surface area contributed by atoms with Crippen molar-refractivity contribution in [1.82, 2.24) is 24.5 Å². The minimum Gasteiger partial charge on any atom is -0.497 e. The van der Waals surface area contributed by atoms with E-state index in [1.54, 1.807) is 13.2 Å². The van der Waals surface area contributed by atoms with Crippen LogP contribution < -0.4 is 15.6 Å². The molecule has 0 atom stereocenters. The largest absolute Gasteiger partial charge is 0.497 e. The zero-order valence-corrected chi connectivity index (χ0v) is 19.9. The van der Waals surface area contributed by atoms with Gasteiger partial charge in [-0.25, -0.2) is 9.67 Å². The molecular weight excluding hydrogens is 462 g/mol. The van der Waals surface area contributed by atoms with Crippen LogP contribution in [-0.2, 0) is 17.8 Å². The standard InChI is InChI=1S/C26H23N5O3S/c1-34-21-9-7-19(8-10-21)23-16-30-20(17-35-26(30)28-23)15-24(32)27-13-14-31-25(33)12-11-22(29-31)18-5-3-2-4-6-18/h2-12,16-17H,13-15H2,1H3,(H,27,32). The predicted octanol–water partition coefficient (Wildman–Crippen LogP) is 3.65. The Bertz CT molecular complexity index is 1520. The minimum atomic E-state index is -0.206. The first-order valence-corrected chi connectivity index (χ1v) is 12.0. The molecule has 5 rings (SSSR count). The van der Waals surface area contributed by atoms with Gasteiger partial charge in [-0.05, 0) is 30.3 Å². The quantitative estimate of drug-likeness (QED) is 0.362. The smallest absolute Gasteiger partial charge is 0.266 e. The summed E-state index contributed by atoms with van der Waals surface area (Å²) in [4.78, 5) is 30.3. The average Bonchev–Trinajstić information content (AvgIpc) is 3.48. The van der Waals surface area contributed by atoms with Crippen molar-refractivity contribution in [2.24, 2.45) is 0 Å². The number of carbonyl (C=O) groups is 1. The molecule has 176 valence electrons. The first kappa shape index (κ1) is 22.5. The summed E-state index contributed by atoms with van der Waals surface area (Å²) in [6.07, 6.45) is 2.15. The second kappa shape index (κ2) is 9.94. The van der Waals surface area contributed by atoms with Gasteiger partial charge in [-0.1, -0.05) is 30.3 Å². The van der Waals surface area contributed by atoms with Gasteiger partial charge in [0.15, 0.2) is 4.96 Å². The van der Waals surface area contributed by atoms with Gasteiger partial charge in [-0.3, -0.25) is 14.0 Å². The van der Waals surface area contributed by atoms with E-state index < -0.39 is 0 Å². The van der Waals surface area contributed by atoms with Crippen molar-refractivity contribution in [2.45, 2.75) is 13.0 Å². The van der Waals surface area contributed by atoms with Crippen LogP contribution in [0.2, 0.25) is 0 Å². The van der Waals surface area contributed by atoms with Crippen LogP contribution in [-0.4, -0.2) is 38.7 Å². The van der Waals surface area contributed by atoms with Crippen molar-refractivity contribution in [3.8, 4) is 28.3 Å². The van der Waals surface area contributed by atoms with Crippen LogP contribution in [0.4, 0.5) is 0 Å². The summed E-state index contributed by atoms with van der Waals surface area (Å²) in [6.45, 7) is 0.593. The van der Waals surface area contributed by atoms with Gasteiger partial charge in [0.25, 0.3) is 5.56 Å². The number of amides is 1. The third-order valence-electron chi connectivity index (χ3n) is 5.59. The topological polar surface area (TPSA) is 90.5 Å². The normalized spacial score (nSPS) is 11.0. The Balaban J connectivity index is 1.22. The molecule has 0 saturated carbocycles. The molecule has 0 aliphatic heterocycles.